The van der Waals surface area contributed by atoms with Crippen molar-refractivity contribution in [1.82, 2.24) is 10.6 Å². The Hall–Kier alpha value is -1.28. The van der Waals surface area contributed by atoms with Crippen molar-refractivity contribution in [3.8, 4) is 0 Å². The van der Waals surface area contributed by atoms with Crippen LogP contribution in [0.25, 0.3) is 0 Å². The summed E-state index contributed by atoms with van der Waals surface area (Å²) in [4.78, 5) is 22.8. The van der Waals surface area contributed by atoms with Gasteiger partial charge in [-0.25, -0.2) is 0 Å². The summed E-state index contributed by atoms with van der Waals surface area (Å²) in [6, 6.07) is 0. The predicted molar refractivity (Wildman–Crippen MR) is 78.1 cm³/mol. The minimum atomic E-state index is 0.00871. The number of carbonyl (C=O) groups is 2. The number of ketones is 2. The average molecular weight is 290 g/mol. The molecule has 6 nitrogen and oxygen atoms in total. The van der Waals surface area contributed by atoms with Crippen molar-refractivity contribution in [3.63, 3.8) is 0 Å². The fourth-order valence-electron chi connectivity index (χ4n) is 1.18. The van der Waals surface area contributed by atoms with E-state index in [-0.39, 0.29) is 34.6 Å². The minimum Gasteiger partial charge on any atom is -0.376 e. The number of nitrogens with two attached hydrogens (primary N) is 2. The van der Waals surface area contributed by atoms with Gasteiger partial charge in [-0.3, -0.25) is 9.59 Å². The van der Waals surface area contributed by atoms with Gasteiger partial charge in [-0.05, 0) is 24.4 Å². The van der Waals surface area contributed by atoms with Crippen molar-refractivity contribution in [2.45, 2.75) is 25.7 Å². The molecule has 0 heterocycles. The maximum atomic E-state index is 11.4. The molecule has 0 aromatic rings. The Balaban J connectivity index is 3.56. The molecule has 0 aliphatic carbocycles. The van der Waals surface area contributed by atoms with Crippen LogP contribution < -0.4 is 22.1 Å². The van der Waals surface area contributed by atoms with Crippen LogP contribution in [0.4, 0.5) is 0 Å². The molecule has 0 bridgehead atoms. The molecule has 102 valence electrons. The Morgan fingerprint density at radius 1 is 0.778 bits per heavy atom. The first-order chi connectivity index (χ1) is 8.41. The van der Waals surface area contributed by atoms with Crippen LogP contribution in [-0.2, 0) is 9.59 Å². The van der Waals surface area contributed by atoms with Crippen molar-refractivity contribution in [2.75, 3.05) is 13.1 Å². The van der Waals surface area contributed by atoms with Crippen molar-refractivity contribution < 1.29 is 9.59 Å². The molecule has 0 fully saturated rings. The van der Waals surface area contributed by atoms with E-state index < -0.39 is 0 Å². The molecule has 0 aromatic heterocycles. The third kappa shape index (κ3) is 11.2. The largest absolute Gasteiger partial charge is 0.376 e. The maximum absolute atomic E-state index is 11.4. The van der Waals surface area contributed by atoms with Crippen LogP contribution in [0.15, 0.2) is 0 Å². The summed E-state index contributed by atoms with van der Waals surface area (Å²) in [6.07, 6.45) is 1.11. The molecule has 0 saturated carbocycles. The summed E-state index contributed by atoms with van der Waals surface area (Å²) in [5, 5.41) is 5.69. The third-order valence-electron chi connectivity index (χ3n) is 2.09. The Morgan fingerprint density at radius 3 is 1.39 bits per heavy atom. The van der Waals surface area contributed by atoms with E-state index in [0.717, 1.165) is 0 Å². The van der Waals surface area contributed by atoms with E-state index in [2.05, 4.69) is 35.1 Å². The van der Waals surface area contributed by atoms with Gasteiger partial charge in [-0.2, -0.15) is 0 Å². The van der Waals surface area contributed by atoms with Crippen LogP contribution in [0.1, 0.15) is 25.7 Å². The van der Waals surface area contributed by atoms with Crippen molar-refractivity contribution in [3.05, 3.63) is 0 Å². The van der Waals surface area contributed by atoms with E-state index in [1.165, 1.54) is 0 Å². The lowest BCUT2D eigenvalue weighted by molar-refractivity contribution is -0.124. The van der Waals surface area contributed by atoms with Gasteiger partial charge in [0.15, 0.2) is 10.2 Å². The molecular weight excluding hydrogens is 272 g/mol. The highest BCUT2D eigenvalue weighted by Crippen LogP contribution is 1.98. The van der Waals surface area contributed by atoms with E-state index in [1.54, 1.807) is 0 Å². The molecule has 0 amide bonds. The van der Waals surface area contributed by atoms with E-state index in [0.29, 0.717) is 25.9 Å². The summed E-state index contributed by atoms with van der Waals surface area (Å²) in [5.41, 5.74) is 10.4. The molecule has 8 heteroatoms. The zero-order chi connectivity index (χ0) is 14.0. The van der Waals surface area contributed by atoms with E-state index in [1.807, 2.05) is 0 Å². The molecule has 0 unspecified atom stereocenters. The normalized spacial score (nSPS) is 9.56. The SMILES string of the molecule is NC(=S)NCCC(=O)CCC(=O)CCNC(N)=S. The van der Waals surface area contributed by atoms with Gasteiger partial charge in [0, 0.05) is 38.8 Å². The van der Waals surface area contributed by atoms with Gasteiger partial charge in [0.05, 0.1) is 0 Å². The molecule has 6 N–H and O–H groups in total. The highest BCUT2D eigenvalue weighted by atomic mass is 32.1. The second-order valence-corrected chi connectivity index (χ2v) is 4.54. The lowest BCUT2D eigenvalue weighted by Crippen LogP contribution is -2.31. The minimum absolute atomic E-state index is 0.00871. The molecule has 0 aliphatic heterocycles. The molecular formula is C10H18N4O2S2. The topological polar surface area (TPSA) is 110 Å². The number of hydrogen-bond acceptors (Lipinski definition) is 4. The molecule has 0 radical (unpaired) electrons. The third-order valence-corrected chi connectivity index (χ3v) is 2.38. The monoisotopic (exact) mass is 290 g/mol. The van der Waals surface area contributed by atoms with Gasteiger partial charge in [0.1, 0.15) is 11.6 Å². The van der Waals surface area contributed by atoms with E-state index in [9.17, 15) is 9.59 Å². The highest BCUT2D eigenvalue weighted by molar-refractivity contribution is 7.80. The Kier molecular flexibility index (Phi) is 9.03. The van der Waals surface area contributed by atoms with Gasteiger partial charge in [0.2, 0.25) is 0 Å². The van der Waals surface area contributed by atoms with Crippen molar-refractivity contribution in [1.29, 1.82) is 0 Å². The summed E-state index contributed by atoms with van der Waals surface area (Å²) >= 11 is 9.19. The molecule has 0 saturated heterocycles. The van der Waals surface area contributed by atoms with Crippen molar-refractivity contribution >= 4 is 46.2 Å². The first-order valence-corrected chi connectivity index (χ1v) is 6.33. The van der Waals surface area contributed by atoms with Crippen LogP contribution >= 0.6 is 24.4 Å². The number of thiocarbonyl (C=S) groups is 2. The Bertz CT molecular complexity index is 302. The lowest BCUT2D eigenvalue weighted by Gasteiger charge is -2.04. The summed E-state index contributed by atoms with van der Waals surface area (Å²) in [5.74, 6) is 0.0174. The molecule has 0 aliphatic rings. The van der Waals surface area contributed by atoms with Gasteiger partial charge >= 0.3 is 0 Å². The summed E-state index contributed by atoms with van der Waals surface area (Å²) in [6.45, 7) is 0.816. The molecule has 0 atom stereocenters. The Morgan fingerprint density at radius 2 is 1.11 bits per heavy atom. The number of nitrogens with one attached hydrogen (secondary N) is 2. The highest BCUT2D eigenvalue weighted by Gasteiger charge is 2.07. The standard InChI is InChI=1S/C10H18N4O2S2/c11-9(17)13-5-3-7(15)1-2-8(16)4-6-14-10(12)18/h1-6H2,(H3,11,13,17)(H3,12,14,18). The van der Waals surface area contributed by atoms with Crippen LogP contribution in [0.5, 0.6) is 0 Å². The van der Waals surface area contributed by atoms with Gasteiger partial charge in [-0.15, -0.1) is 0 Å². The molecule has 0 rings (SSSR count). The zero-order valence-corrected chi connectivity index (χ0v) is 11.7. The summed E-state index contributed by atoms with van der Waals surface area (Å²) < 4.78 is 0. The summed E-state index contributed by atoms with van der Waals surface area (Å²) in [7, 11) is 0. The second kappa shape index (κ2) is 9.72. The number of carbonyl (C=O) groups excluding carboxylic acids is 2. The first kappa shape index (κ1) is 16.7. The molecule has 18 heavy (non-hydrogen) atoms. The second-order valence-electron chi connectivity index (χ2n) is 3.66. The maximum Gasteiger partial charge on any atom is 0.163 e. The van der Waals surface area contributed by atoms with E-state index >= 15 is 0 Å². The lowest BCUT2D eigenvalue weighted by atomic mass is 10.1. The number of rotatable bonds is 9. The number of Topliss-reactive ketones (excluding diaryl/α,β-unsaturated/α-hetero) is 2. The van der Waals surface area contributed by atoms with Gasteiger partial charge in [-0.1, -0.05) is 0 Å². The fraction of sp³-hybridized carbons (Fsp3) is 0.600. The first-order valence-electron chi connectivity index (χ1n) is 5.52. The Labute approximate surface area is 117 Å². The van der Waals surface area contributed by atoms with Crippen molar-refractivity contribution in [2.24, 2.45) is 11.5 Å². The quantitative estimate of drug-likeness (QED) is 0.415. The molecule has 0 aromatic carbocycles. The number of hydrogen-bond donors (Lipinski definition) is 4. The van der Waals surface area contributed by atoms with Crippen LogP contribution in [0.2, 0.25) is 0 Å². The van der Waals surface area contributed by atoms with E-state index in [4.69, 9.17) is 11.5 Å². The smallest absolute Gasteiger partial charge is 0.163 e. The van der Waals surface area contributed by atoms with Gasteiger partial charge < -0.3 is 22.1 Å². The fourth-order valence-corrected chi connectivity index (χ4v) is 1.38. The van der Waals surface area contributed by atoms with Crippen LogP contribution in [0, 0.1) is 0 Å². The molecule has 0 spiro atoms. The van der Waals surface area contributed by atoms with Crippen LogP contribution in [0.3, 0.4) is 0 Å². The van der Waals surface area contributed by atoms with Crippen LogP contribution in [-0.4, -0.2) is 34.9 Å². The van der Waals surface area contributed by atoms with Gasteiger partial charge in [0.25, 0.3) is 0 Å². The average Bonchev–Trinajstić information content (AvgIpc) is 2.25. The predicted octanol–water partition coefficient (Wildman–Crippen LogP) is -0.649. The zero-order valence-electron chi connectivity index (χ0n) is 10.0.